The molecule has 0 saturated carbocycles. The minimum atomic E-state index is -0.233. The van der Waals surface area contributed by atoms with Gasteiger partial charge in [-0.15, -0.1) is 0 Å². The van der Waals surface area contributed by atoms with Gasteiger partial charge in [-0.2, -0.15) is 0 Å². The second-order valence-corrected chi connectivity index (χ2v) is 7.88. The molecule has 0 radical (unpaired) electrons. The van der Waals surface area contributed by atoms with E-state index in [-0.39, 0.29) is 11.5 Å². The minimum Gasteiger partial charge on any atom is -0.495 e. The van der Waals surface area contributed by atoms with Crippen LogP contribution in [-0.4, -0.2) is 38.9 Å². The van der Waals surface area contributed by atoms with Gasteiger partial charge in [0.15, 0.2) is 11.5 Å². The molecule has 2 aromatic carbocycles. The van der Waals surface area contributed by atoms with Crippen molar-refractivity contribution in [1.29, 1.82) is 0 Å². The monoisotopic (exact) mass is 449 g/mol. The van der Waals surface area contributed by atoms with Gasteiger partial charge in [0.25, 0.3) is 5.91 Å². The van der Waals surface area contributed by atoms with Crippen LogP contribution < -0.4 is 24.3 Å². The van der Waals surface area contributed by atoms with E-state index < -0.39 is 0 Å². The van der Waals surface area contributed by atoms with Crippen molar-refractivity contribution >= 4 is 21.8 Å². The first-order valence-electron chi connectivity index (χ1n) is 8.98. The van der Waals surface area contributed by atoms with Gasteiger partial charge in [-0.05, 0) is 48.0 Å². The van der Waals surface area contributed by atoms with Gasteiger partial charge in [-0.3, -0.25) is 4.79 Å². The van der Waals surface area contributed by atoms with E-state index in [9.17, 15) is 4.79 Å². The fraction of sp³-hybridized carbons (Fsp3) is 0.381. The van der Waals surface area contributed by atoms with E-state index >= 15 is 0 Å². The van der Waals surface area contributed by atoms with Crippen molar-refractivity contribution in [2.45, 2.75) is 25.9 Å². The van der Waals surface area contributed by atoms with Gasteiger partial charge >= 0.3 is 0 Å². The molecule has 1 N–H and O–H groups in total. The lowest BCUT2D eigenvalue weighted by molar-refractivity contribution is 0.0945. The second-order valence-electron chi connectivity index (χ2n) is 7.08. The van der Waals surface area contributed by atoms with Crippen molar-refractivity contribution in [2.75, 3.05) is 27.4 Å². The van der Waals surface area contributed by atoms with Crippen LogP contribution in [0.5, 0.6) is 23.0 Å². The maximum atomic E-state index is 12.5. The lowest BCUT2D eigenvalue weighted by Gasteiger charge is -2.18. The summed E-state index contributed by atoms with van der Waals surface area (Å²) in [5, 5.41) is 2.84. The third-order valence-corrected chi connectivity index (χ3v) is 5.19. The number of benzene rings is 2. The molecule has 7 heteroatoms. The Morgan fingerprint density at radius 1 is 1.18 bits per heavy atom. The molecule has 28 heavy (non-hydrogen) atoms. The third kappa shape index (κ3) is 4.35. The standard InChI is InChI=1S/C21H24BrNO5/c1-21(2)12-13-6-5-7-15(19(13)28-21)27-9-8-23-20(24)14-10-16(25-3)18(22)17(11-14)26-4/h5-7,10-11H,8-9,12H2,1-4H3,(H,23,24). The number of hydrogen-bond donors (Lipinski definition) is 1. The first-order valence-corrected chi connectivity index (χ1v) is 9.77. The SMILES string of the molecule is COc1cc(C(=O)NCCOc2cccc3c2OC(C)(C)C3)cc(OC)c1Br. The Bertz CT molecular complexity index is 856. The Balaban J connectivity index is 1.58. The molecule has 0 fully saturated rings. The average molecular weight is 450 g/mol. The summed E-state index contributed by atoms with van der Waals surface area (Å²) >= 11 is 3.39. The van der Waals surface area contributed by atoms with Gasteiger partial charge in [-0.1, -0.05) is 12.1 Å². The number of hydrogen-bond acceptors (Lipinski definition) is 5. The van der Waals surface area contributed by atoms with Gasteiger partial charge in [0, 0.05) is 17.5 Å². The number of carbonyl (C=O) groups is 1. The molecule has 150 valence electrons. The minimum absolute atomic E-state index is 0.226. The van der Waals surface area contributed by atoms with Crippen molar-refractivity contribution in [2.24, 2.45) is 0 Å². The summed E-state index contributed by atoms with van der Waals surface area (Å²) in [5.74, 6) is 2.31. The summed E-state index contributed by atoms with van der Waals surface area (Å²) in [4.78, 5) is 12.5. The number of halogens is 1. The fourth-order valence-electron chi connectivity index (χ4n) is 3.13. The number of amides is 1. The Labute approximate surface area is 173 Å². The molecule has 0 saturated heterocycles. The quantitative estimate of drug-likeness (QED) is 0.647. The van der Waals surface area contributed by atoms with Crippen LogP contribution in [0.15, 0.2) is 34.8 Å². The number of rotatable bonds is 7. The van der Waals surface area contributed by atoms with Crippen LogP contribution in [-0.2, 0) is 6.42 Å². The normalized spacial score (nSPS) is 14.0. The Hall–Kier alpha value is -2.41. The lowest BCUT2D eigenvalue weighted by atomic mass is 10.0. The van der Waals surface area contributed by atoms with Crippen molar-refractivity contribution in [3.63, 3.8) is 0 Å². The zero-order chi connectivity index (χ0) is 20.3. The Morgan fingerprint density at radius 2 is 1.86 bits per heavy atom. The number of ether oxygens (including phenoxy) is 4. The molecule has 3 rings (SSSR count). The zero-order valence-corrected chi connectivity index (χ0v) is 18.0. The molecular formula is C21H24BrNO5. The highest BCUT2D eigenvalue weighted by atomic mass is 79.9. The highest BCUT2D eigenvalue weighted by Gasteiger charge is 2.32. The van der Waals surface area contributed by atoms with Crippen LogP contribution in [0, 0.1) is 0 Å². The predicted octanol–water partition coefficient (Wildman–Crippen LogP) is 3.99. The van der Waals surface area contributed by atoms with Crippen LogP contribution in [0.3, 0.4) is 0 Å². The molecule has 0 atom stereocenters. The van der Waals surface area contributed by atoms with Crippen LogP contribution in [0.25, 0.3) is 0 Å². The van der Waals surface area contributed by atoms with E-state index in [1.807, 2.05) is 18.2 Å². The second kappa shape index (κ2) is 8.31. The van der Waals surface area contributed by atoms with Crippen LogP contribution in [0.2, 0.25) is 0 Å². The first kappa shape index (κ1) is 20.3. The number of nitrogens with one attached hydrogen (secondary N) is 1. The van der Waals surface area contributed by atoms with E-state index in [0.29, 0.717) is 40.4 Å². The molecule has 0 spiro atoms. The smallest absolute Gasteiger partial charge is 0.251 e. The number of fused-ring (bicyclic) bond motifs is 1. The van der Waals surface area contributed by atoms with Crippen molar-refractivity contribution in [3.8, 4) is 23.0 Å². The van der Waals surface area contributed by atoms with Crippen molar-refractivity contribution < 1.29 is 23.7 Å². The highest BCUT2D eigenvalue weighted by Crippen LogP contribution is 2.41. The number of carbonyl (C=O) groups excluding carboxylic acids is 1. The highest BCUT2D eigenvalue weighted by molar-refractivity contribution is 9.10. The van der Waals surface area contributed by atoms with E-state index in [1.165, 1.54) is 14.2 Å². The molecule has 0 aromatic heterocycles. The Morgan fingerprint density at radius 3 is 2.50 bits per heavy atom. The van der Waals surface area contributed by atoms with Gasteiger partial charge in [-0.25, -0.2) is 0 Å². The third-order valence-electron chi connectivity index (χ3n) is 4.41. The van der Waals surface area contributed by atoms with Crippen molar-refractivity contribution in [1.82, 2.24) is 5.32 Å². The van der Waals surface area contributed by atoms with E-state index in [2.05, 4.69) is 35.1 Å². The summed E-state index contributed by atoms with van der Waals surface area (Å²) in [6, 6.07) is 9.20. The zero-order valence-electron chi connectivity index (χ0n) is 16.4. The molecular weight excluding hydrogens is 426 g/mol. The molecule has 1 amide bonds. The van der Waals surface area contributed by atoms with Crippen LogP contribution in [0.1, 0.15) is 29.8 Å². The molecule has 1 aliphatic rings. The predicted molar refractivity (Wildman–Crippen MR) is 110 cm³/mol. The molecule has 1 aliphatic heterocycles. The summed E-state index contributed by atoms with van der Waals surface area (Å²) in [6.07, 6.45) is 0.851. The summed E-state index contributed by atoms with van der Waals surface area (Å²) in [7, 11) is 3.08. The average Bonchev–Trinajstić information content (AvgIpc) is 2.99. The molecule has 1 heterocycles. The first-order chi connectivity index (χ1) is 13.3. The van der Waals surface area contributed by atoms with E-state index in [4.69, 9.17) is 18.9 Å². The van der Waals surface area contributed by atoms with Gasteiger partial charge in [0.2, 0.25) is 0 Å². The van der Waals surface area contributed by atoms with Gasteiger partial charge in [0.05, 0.1) is 20.8 Å². The maximum absolute atomic E-state index is 12.5. The summed E-state index contributed by atoms with van der Waals surface area (Å²) in [5.41, 5.74) is 1.36. The van der Waals surface area contributed by atoms with Gasteiger partial charge < -0.3 is 24.3 Å². The fourth-order valence-corrected chi connectivity index (χ4v) is 3.68. The van der Waals surface area contributed by atoms with E-state index in [1.54, 1.807) is 12.1 Å². The summed E-state index contributed by atoms with van der Waals surface area (Å²) in [6.45, 7) is 4.79. The number of para-hydroxylation sites is 1. The van der Waals surface area contributed by atoms with E-state index in [0.717, 1.165) is 17.7 Å². The van der Waals surface area contributed by atoms with Crippen LogP contribution >= 0.6 is 15.9 Å². The van der Waals surface area contributed by atoms with Crippen molar-refractivity contribution in [3.05, 3.63) is 45.9 Å². The topological polar surface area (TPSA) is 66.0 Å². The molecule has 0 bridgehead atoms. The van der Waals surface area contributed by atoms with Gasteiger partial charge in [0.1, 0.15) is 28.2 Å². The lowest BCUT2D eigenvalue weighted by Crippen LogP contribution is -2.28. The summed E-state index contributed by atoms with van der Waals surface area (Å²) < 4.78 is 23.0. The maximum Gasteiger partial charge on any atom is 0.251 e. The molecule has 2 aromatic rings. The molecule has 0 unspecified atom stereocenters. The molecule has 0 aliphatic carbocycles. The largest absolute Gasteiger partial charge is 0.495 e. The van der Waals surface area contributed by atoms with Crippen LogP contribution in [0.4, 0.5) is 0 Å². The number of methoxy groups -OCH3 is 2. The Kier molecular flexibility index (Phi) is 6.03. The molecule has 6 nitrogen and oxygen atoms in total.